The minimum Gasteiger partial charge on any atom is -0.398 e. The molecule has 0 radical (unpaired) electrons. The van der Waals surface area contributed by atoms with Gasteiger partial charge in [-0.3, -0.25) is 4.79 Å². The van der Waals surface area contributed by atoms with Crippen LogP contribution in [0.2, 0.25) is 0 Å². The van der Waals surface area contributed by atoms with Crippen molar-refractivity contribution in [1.82, 2.24) is 4.57 Å². The quantitative estimate of drug-likeness (QED) is 0.679. The highest BCUT2D eigenvalue weighted by molar-refractivity contribution is 7.99. The average molecular weight is 288 g/mol. The molecule has 0 aliphatic heterocycles. The molecule has 0 fully saturated rings. The molecule has 1 aromatic heterocycles. The van der Waals surface area contributed by atoms with E-state index in [0.29, 0.717) is 12.2 Å². The van der Waals surface area contributed by atoms with E-state index in [1.54, 1.807) is 16.8 Å². The molecule has 0 amide bonds. The molecule has 106 valence electrons. The Morgan fingerprint density at radius 2 is 2.00 bits per heavy atom. The van der Waals surface area contributed by atoms with E-state index in [4.69, 9.17) is 5.73 Å². The van der Waals surface area contributed by atoms with E-state index in [0.717, 1.165) is 12.2 Å². The van der Waals surface area contributed by atoms with Crippen molar-refractivity contribution in [3.05, 3.63) is 58.0 Å². The summed E-state index contributed by atoms with van der Waals surface area (Å²) in [5.41, 5.74) is 8.94. The highest BCUT2D eigenvalue weighted by Gasteiger charge is 2.01. The molecule has 0 unspecified atom stereocenters. The second kappa shape index (κ2) is 6.66. The van der Waals surface area contributed by atoms with Crippen molar-refractivity contribution < 1.29 is 0 Å². The molecule has 2 N–H and O–H groups in total. The molecular formula is C16H20N2OS. The molecule has 0 atom stereocenters. The summed E-state index contributed by atoms with van der Waals surface area (Å²) in [4.78, 5) is 12.9. The number of aryl methyl sites for hydroxylation is 3. The van der Waals surface area contributed by atoms with Crippen LogP contribution in [-0.2, 0) is 6.54 Å². The zero-order valence-electron chi connectivity index (χ0n) is 11.9. The fourth-order valence-electron chi connectivity index (χ4n) is 2.10. The Kier molecular flexibility index (Phi) is 4.90. The highest BCUT2D eigenvalue weighted by Crippen LogP contribution is 2.23. The maximum absolute atomic E-state index is 11.6. The first-order valence-corrected chi connectivity index (χ1v) is 7.71. The van der Waals surface area contributed by atoms with E-state index in [1.807, 2.05) is 11.8 Å². The van der Waals surface area contributed by atoms with Crippen molar-refractivity contribution in [3.8, 4) is 0 Å². The molecule has 0 aliphatic carbocycles. The Morgan fingerprint density at radius 3 is 2.75 bits per heavy atom. The summed E-state index contributed by atoms with van der Waals surface area (Å²) in [6.45, 7) is 4.95. The summed E-state index contributed by atoms with van der Waals surface area (Å²) in [6.07, 6.45) is 2.66. The van der Waals surface area contributed by atoms with Gasteiger partial charge in [-0.15, -0.1) is 11.8 Å². The van der Waals surface area contributed by atoms with E-state index in [-0.39, 0.29) is 5.56 Å². The number of benzene rings is 1. The van der Waals surface area contributed by atoms with E-state index < -0.39 is 0 Å². The molecule has 3 nitrogen and oxygen atoms in total. The molecule has 0 bridgehead atoms. The second-order valence-electron chi connectivity index (χ2n) is 4.97. The fourth-order valence-corrected chi connectivity index (χ4v) is 3.05. The van der Waals surface area contributed by atoms with Crippen LogP contribution in [0.4, 0.5) is 5.69 Å². The molecule has 0 saturated carbocycles. The number of pyridine rings is 1. The van der Waals surface area contributed by atoms with Gasteiger partial charge in [0, 0.05) is 29.4 Å². The van der Waals surface area contributed by atoms with Crippen molar-refractivity contribution >= 4 is 17.4 Å². The number of thioether (sulfide) groups is 1. The molecule has 0 saturated heterocycles. The van der Waals surface area contributed by atoms with Gasteiger partial charge >= 0.3 is 0 Å². The smallest absolute Gasteiger partial charge is 0.250 e. The molecule has 1 aromatic carbocycles. The lowest BCUT2D eigenvalue weighted by Crippen LogP contribution is -2.19. The lowest BCUT2D eigenvalue weighted by Gasteiger charge is -2.08. The largest absolute Gasteiger partial charge is 0.398 e. The minimum absolute atomic E-state index is 0.00992. The maximum atomic E-state index is 11.6. The first-order chi connectivity index (χ1) is 9.56. The van der Waals surface area contributed by atoms with Crippen LogP contribution in [0.5, 0.6) is 0 Å². The molecule has 0 spiro atoms. The van der Waals surface area contributed by atoms with Crippen LogP contribution in [0.1, 0.15) is 17.5 Å². The first kappa shape index (κ1) is 14.7. The Morgan fingerprint density at radius 1 is 1.20 bits per heavy atom. The zero-order chi connectivity index (χ0) is 14.5. The molecule has 1 heterocycles. The average Bonchev–Trinajstić information content (AvgIpc) is 2.40. The summed E-state index contributed by atoms with van der Waals surface area (Å²) in [5, 5.41) is 0. The van der Waals surface area contributed by atoms with Crippen molar-refractivity contribution in [3.63, 3.8) is 0 Å². The van der Waals surface area contributed by atoms with E-state index in [9.17, 15) is 4.79 Å². The van der Waals surface area contributed by atoms with Gasteiger partial charge in [-0.05, 0) is 43.7 Å². The Labute approximate surface area is 123 Å². The third-order valence-corrected chi connectivity index (χ3v) is 4.40. The third-order valence-electron chi connectivity index (χ3n) is 3.14. The number of rotatable bonds is 5. The summed E-state index contributed by atoms with van der Waals surface area (Å²) in [6, 6.07) is 9.67. The number of nitrogens with two attached hydrogens (primary N) is 1. The van der Waals surface area contributed by atoms with Crippen molar-refractivity contribution in [2.75, 3.05) is 11.5 Å². The molecule has 4 heteroatoms. The minimum atomic E-state index is 0.00992. The fraction of sp³-hybridized carbons (Fsp3) is 0.312. The predicted molar refractivity (Wildman–Crippen MR) is 86.4 cm³/mol. The first-order valence-electron chi connectivity index (χ1n) is 6.72. The Hall–Kier alpha value is -1.68. The summed E-state index contributed by atoms with van der Waals surface area (Å²) < 4.78 is 1.68. The van der Waals surface area contributed by atoms with Crippen LogP contribution < -0.4 is 11.3 Å². The van der Waals surface area contributed by atoms with Crippen LogP contribution in [0.25, 0.3) is 0 Å². The normalized spacial score (nSPS) is 10.7. The SMILES string of the molecule is Cc1ccc(SCCCn2cc(N)ccc2=O)c(C)c1. The van der Waals surface area contributed by atoms with Gasteiger partial charge in [-0.1, -0.05) is 17.7 Å². The highest BCUT2D eigenvalue weighted by atomic mass is 32.2. The van der Waals surface area contributed by atoms with Crippen molar-refractivity contribution in [2.45, 2.75) is 31.7 Å². The standard InChI is InChI=1S/C16H20N2OS/c1-12-4-6-15(13(2)10-12)20-9-3-8-18-11-14(17)5-7-16(18)19/h4-7,10-11H,3,8-9,17H2,1-2H3. The number of hydrogen-bond acceptors (Lipinski definition) is 3. The predicted octanol–water partition coefficient (Wildman–Crippen LogP) is 3.23. The van der Waals surface area contributed by atoms with Gasteiger partial charge in [0.15, 0.2) is 0 Å². The number of aromatic nitrogens is 1. The Balaban J connectivity index is 1.87. The molecule has 20 heavy (non-hydrogen) atoms. The lowest BCUT2D eigenvalue weighted by molar-refractivity contribution is 0.660. The van der Waals surface area contributed by atoms with Gasteiger partial charge in [-0.2, -0.15) is 0 Å². The van der Waals surface area contributed by atoms with E-state index in [2.05, 4.69) is 32.0 Å². The summed E-state index contributed by atoms with van der Waals surface area (Å²) >= 11 is 1.84. The number of nitrogens with zero attached hydrogens (tertiary/aromatic N) is 1. The topological polar surface area (TPSA) is 48.0 Å². The van der Waals surface area contributed by atoms with Gasteiger partial charge in [0.2, 0.25) is 0 Å². The van der Waals surface area contributed by atoms with Gasteiger partial charge < -0.3 is 10.3 Å². The van der Waals surface area contributed by atoms with Crippen LogP contribution >= 0.6 is 11.8 Å². The van der Waals surface area contributed by atoms with Crippen molar-refractivity contribution in [2.24, 2.45) is 0 Å². The molecular weight excluding hydrogens is 268 g/mol. The van der Waals surface area contributed by atoms with Gasteiger partial charge in [0.25, 0.3) is 5.56 Å². The summed E-state index contributed by atoms with van der Waals surface area (Å²) in [7, 11) is 0. The number of nitrogen functional groups attached to an aromatic ring is 1. The maximum Gasteiger partial charge on any atom is 0.250 e. The molecule has 0 aliphatic rings. The molecule has 2 aromatic rings. The van der Waals surface area contributed by atoms with Crippen LogP contribution in [0.15, 0.2) is 46.2 Å². The van der Waals surface area contributed by atoms with E-state index >= 15 is 0 Å². The lowest BCUT2D eigenvalue weighted by atomic mass is 10.2. The van der Waals surface area contributed by atoms with Gasteiger partial charge in [-0.25, -0.2) is 0 Å². The number of hydrogen-bond donors (Lipinski definition) is 1. The molecule has 2 rings (SSSR count). The zero-order valence-corrected chi connectivity index (χ0v) is 12.7. The van der Waals surface area contributed by atoms with Crippen LogP contribution in [0.3, 0.4) is 0 Å². The summed E-state index contributed by atoms with van der Waals surface area (Å²) in [5.74, 6) is 0.991. The van der Waals surface area contributed by atoms with Crippen LogP contribution in [0, 0.1) is 13.8 Å². The Bertz CT molecular complexity index is 649. The van der Waals surface area contributed by atoms with Gasteiger partial charge in [0.1, 0.15) is 0 Å². The van der Waals surface area contributed by atoms with E-state index in [1.165, 1.54) is 22.1 Å². The number of anilines is 1. The monoisotopic (exact) mass is 288 g/mol. The second-order valence-corrected chi connectivity index (χ2v) is 6.10. The van der Waals surface area contributed by atoms with Gasteiger partial charge in [0.05, 0.1) is 0 Å². The van der Waals surface area contributed by atoms with Crippen molar-refractivity contribution in [1.29, 1.82) is 0 Å². The van der Waals surface area contributed by atoms with Crippen LogP contribution in [-0.4, -0.2) is 10.3 Å². The third kappa shape index (κ3) is 3.90.